The molecule has 2 saturated heterocycles. The number of nitrogens with zero attached hydrogens (tertiary/aromatic N) is 4. The van der Waals surface area contributed by atoms with Crippen molar-refractivity contribution in [3.05, 3.63) is 122 Å². The second kappa shape index (κ2) is 14.9. The number of aromatic nitrogens is 1. The van der Waals surface area contributed by atoms with Gasteiger partial charge in [0.15, 0.2) is 0 Å². The minimum absolute atomic E-state index is 0.0200. The van der Waals surface area contributed by atoms with Crippen LogP contribution in [0, 0.1) is 21.8 Å². The topological polar surface area (TPSA) is 144 Å². The molecule has 0 bridgehead atoms. The van der Waals surface area contributed by atoms with Crippen LogP contribution in [0.2, 0.25) is 10.2 Å². The lowest BCUT2D eigenvalue weighted by Crippen LogP contribution is -2.55. The third-order valence-corrected chi connectivity index (χ3v) is 10.3. The van der Waals surface area contributed by atoms with E-state index in [-0.39, 0.29) is 52.3 Å². The largest absolute Gasteiger partial charge is 0.494 e. The summed E-state index contributed by atoms with van der Waals surface area (Å²) in [5.74, 6) is -4.25. The quantitative estimate of drug-likeness (QED) is 0.0781. The number of esters is 1. The Balaban J connectivity index is 1.53. The van der Waals surface area contributed by atoms with Gasteiger partial charge in [-0.2, -0.15) is 0 Å². The first-order chi connectivity index (χ1) is 24.9. The van der Waals surface area contributed by atoms with Gasteiger partial charge in [0.1, 0.15) is 33.8 Å². The number of anilines is 2. The van der Waals surface area contributed by atoms with E-state index in [2.05, 4.69) is 10.3 Å². The number of methoxy groups -OCH3 is 1. The minimum atomic E-state index is -1.64. The van der Waals surface area contributed by atoms with Crippen LogP contribution in [0.25, 0.3) is 0 Å². The summed E-state index contributed by atoms with van der Waals surface area (Å²) in [4.78, 5) is 61.0. The molecule has 3 aromatic carbocycles. The fraction of sp³-hybridized carbons (Fsp3) is 0.297. The molecule has 12 nitrogen and oxygen atoms in total. The van der Waals surface area contributed by atoms with Gasteiger partial charge >= 0.3 is 5.97 Å². The van der Waals surface area contributed by atoms with Crippen LogP contribution in [0.15, 0.2) is 78.9 Å². The highest BCUT2D eigenvalue weighted by Crippen LogP contribution is 2.55. The Labute approximate surface area is 308 Å². The molecule has 3 heterocycles. The van der Waals surface area contributed by atoms with E-state index < -0.39 is 57.6 Å². The summed E-state index contributed by atoms with van der Waals surface area (Å²) >= 11 is 12.5. The number of pyridine rings is 1. The van der Waals surface area contributed by atoms with Crippen LogP contribution in [0.3, 0.4) is 0 Å². The Morgan fingerprint density at radius 3 is 2.56 bits per heavy atom. The van der Waals surface area contributed by atoms with E-state index in [1.165, 1.54) is 29.2 Å². The molecule has 0 aliphatic carbocycles. The van der Waals surface area contributed by atoms with Crippen molar-refractivity contribution in [1.29, 1.82) is 0 Å². The van der Waals surface area contributed by atoms with Crippen LogP contribution in [0.4, 0.5) is 21.6 Å². The van der Waals surface area contributed by atoms with Gasteiger partial charge in [0.2, 0.25) is 11.8 Å². The molecule has 4 aromatic rings. The molecule has 0 unspecified atom stereocenters. The van der Waals surface area contributed by atoms with Gasteiger partial charge in [0.25, 0.3) is 5.69 Å². The number of amides is 2. The Bertz CT molecular complexity index is 2070. The van der Waals surface area contributed by atoms with Crippen molar-refractivity contribution in [3.63, 3.8) is 0 Å². The summed E-state index contributed by atoms with van der Waals surface area (Å²) in [7, 11) is 1.15. The van der Waals surface area contributed by atoms with Gasteiger partial charge in [-0.05, 0) is 73.9 Å². The van der Waals surface area contributed by atoms with Crippen LogP contribution in [0.1, 0.15) is 47.7 Å². The predicted octanol–water partition coefficient (Wildman–Crippen LogP) is 7.04. The SMILES string of the molecule is CCOc1cccc(CN2[C@H]3CCN(c4ccc(C(=O)OC)cc4[N+](=O)[O-])C(=O)[C@H]3[C@H](c3cccc(Cl)c3F)[C@]2(C)C(=O)Nc2cccc(Cl)n2)c1. The number of rotatable bonds is 10. The standard InChI is InChI=1S/C37H34Cl2FN5O7/c1-4-52-23-9-5-8-21(18-23)20-44-27-16-17-43(26-15-14-22(35(47)51-3)19-28(26)45(49)50)34(46)31(27)32(24-10-6-11-25(38)33(24)40)37(44,2)36(48)42-30-13-7-12-29(39)41-30/h5-15,18-19,27,31-32H,4,16-17,20H2,1-3H3,(H,41,42,48)/t27-,31+,32-,37+/m0/s1. The monoisotopic (exact) mass is 749 g/mol. The van der Waals surface area contributed by atoms with Gasteiger partial charge in [-0.1, -0.05) is 53.5 Å². The number of ether oxygens (including phenoxy) is 2. The number of hydrogen-bond donors (Lipinski definition) is 1. The van der Waals surface area contributed by atoms with E-state index >= 15 is 4.39 Å². The zero-order valence-electron chi connectivity index (χ0n) is 28.3. The zero-order valence-corrected chi connectivity index (χ0v) is 29.9. The van der Waals surface area contributed by atoms with Crippen LogP contribution in [-0.4, -0.2) is 64.4 Å². The molecule has 0 radical (unpaired) electrons. The van der Waals surface area contributed by atoms with Crippen LogP contribution in [-0.2, 0) is 20.9 Å². The third-order valence-electron chi connectivity index (χ3n) is 9.76. The molecule has 2 fully saturated rings. The minimum Gasteiger partial charge on any atom is -0.494 e. The lowest BCUT2D eigenvalue weighted by atomic mass is 9.72. The van der Waals surface area contributed by atoms with Crippen molar-refractivity contribution < 1.29 is 33.2 Å². The van der Waals surface area contributed by atoms with Crippen LogP contribution < -0.4 is 15.0 Å². The molecule has 2 amide bonds. The van der Waals surface area contributed by atoms with Crippen LogP contribution >= 0.6 is 23.2 Å². The number of likely N-dealkylation sites (tertiary alicyclic amines) is 1. The second-order valence-corrected chi connectivity index (χ2v) is 13.4. The molecule has 1 N–H and O–H groups in total. The number of hydrogen-bond acceptors (Lipinski definition) is 9. The summed E-state index contributed by atoms with van der Waals surface area (Å²) in [6.07, 6.45) is 0.244. The van der Waals surface area contributed by atoms with Crippen molar-refractivity contribution in [2.45, 2.75) is 44.3 Å². The predicted molar refractivity (Wildman–Crippen MR) is 192 cm³/mol. The molecular formula is C37H34Cl2FN5O7. The van der Waals surface area contributed by atoms with Crippen molar-refractivity contribution in [2.75, 3.05) is 30.5 Å². The Morgan fingerprint density at radius 1 is 1.10 bits per heavy atom. The van der Waals surface area contributed by atoms with E-state index in [9.17, 15) is 24.5 Å². The zero-order chi connectivity index (χ0) is 37.3. The van der Waals surface area contributed by atoms with Gasteiger partial charge in [0, 0.05) is 31.1 Å². The number of carbonyl (C=O) groups is 3. The molecule has 2 aliphatic rings. The smallest absolute Gasteiger partial charge is 0.338 e. The summed E-state index contributed by atoms with van der Waals surface area (Å²) in [5.41, 5.74) is -1.46. The number of benzene rings is 3. The van der Waals surface area contributed by atoms with Crippen molar-refractivity contribution in [1.82, 2.24) is 9.88 Å². The molecule has 0 saturated carbocycles. The first kappa shape index (κ1) is 36.7. The number of nitrogens with one attached hydrogen (secondary N) is 1. The van der Waals surface area contributed by atoms with E-state index in [0.29, 0.717) is 12.4 Å². The van der Waals surface area contributed by atoms with Crippen molar-refractivity contribution >= 4 is 58.2 Å². The highest BCUT2D eigenvalue weighted by molar-refractivity contribution is 6.30. The Hall–Kier alpha value is -5.11. The molecule has 270 valence electrons. The summed E-state index contributed by atoms with van der Waals surface area (Å²) in [6.45, 7) is 4.10. The number of halogens is 3. The Morgan fingerprint density at radius 2 is 1.85 bits per heavy atom. The number of piperidine rings is 1. The molecule has 2 aliphatic heterocycles. The second-order valence-electron chi connectivity index (χ2n) is 12.6. The van der Waals surface area contributed by atoms with Crippen molar-refractivity contribution in [3.8, 4) is 5.75 Å². The molecule has 0 spiro atoms. The third kappa shape index (κ3) is 6.67. The maximum absolute atomic E-state index is 16.3. The lowest BCUT2D eigenvalue weighted by molar-refractivity contribution is -0.384. The summed E-state index contributed by atoms with van der Waals surface area (Å²) < 4.78 is 26.8. The van der Waals surface area contributed by atoms with E-state index in [4.69, 9.17) is 32.7 Å². The number of fused-ring (bicyclic) bond motifs is 1. The first-order valence-corrected chi connectivity index (χ1v) is 17.2. The molecule has 52 heavy (non-hydrogen) atoms. The Kier molecular flexibility index (Phi) is 10.5. The van der Waals surface area contributed by atoms with Gasteiger partial charge < -0.3 is 19.7 Å². The fourth-order valence-corrected chi connectivity index (χ4v) is 7.84. The summed E-state index contributed by atoms with van der Waals surface area (Å²) in [6, 6.07) is 19.5. The molecule has 15 heteroatoms. The van der Waals surface area contributed by atoms with Gasteiger partial charge in [-0.15, -0.1) is 0 Å². The van der Waals surface area contributed by atoms with Gasteiger partial charge in [-0.3, -0.25) is 24.6 Å². The molecule has 1 aromatic heterocycles. The fourth-order valence-electron chi connectivity index (χ4n) is 7.49. The normalized spacial score (nSPS) is 21.4. The highest BCUT2D eigenvalue weighted by Gasteiger charge is 2.65. The maximum atomic E-state index is 16.3. The highest BCUT2D eigenvalue weighted by atomic mass is 35.5. The lowest BCUT2D eigenvalue weighted by Gasteiger charge is -2.40. The van der Waals surface area contributed by atoms with E-state index in [0.717, 1.165) is 18.7 Å². The average Bonchev–Trinajstić information content (AvgIpc) is 3.38. The maximum Gasteiger partial charge on any atom is 0.338 e. The van der Waals surface area contributed by atoms with Gasteiger partial charge in [-0.25, -0.2) is 14.2 Å². The van der Waals surface area contributed by atoms with Gasteiger partial charge in [0.05, 0.1) is 35.1 Å². The molecule has 6 rings (SSSR count). The summed E-state index contributed by atoms with van der Waals surface area (Å²) in [5, 5.41) is 15.1. The number of nitro benzene ring substituents is 1. The molecular weight excluding hydrogens is 716 g/mol. The van der Waals surface area contributed by atoms with Crippen LogP contribution in [0.5, 0.6) is 5.75 Å². The van der Waals surface area contributed by atoms with Crippen molar-refractivity contribution in [2.24, 2.45) is 5.92 Å². The number of nitro groups is 1. The molecule has 4 atom stereocenters. The van der Waals surface area contributed by atoms with E-state index in [1.54, 1.807) is 37.3 Å². The average molecular weight is 751 g/mol. The first-order valence-electron chi connectivity index (χ1n) is 16.4. The van der Waals surface area contributed by atoms with E-state index in [1.807, 2.05) is 30.0 Å². The number of carbonyl (C=O) groups excluding carboxylic acids is 3.